The Bertz CT molecular complexity index is 533. The number of hydrogen-bond acceptors (Lipinski definition) is 1. The van der Waals surface area contributed by atoms with E-state index in [1.807, 2.05) is 12.1 Å². The molecule has 0 spiro atoms. The van der Waals surface area contributed by atoms with Gasteiger partial charge >= 0.3 is 0 Å². The van der Waals surface area contributed by atoms with E-state index in [1.54, 1.807) is 30.6 Å². The van der Waals surface area contributed by atoms with E-state index in [1.165, 1.54) is 0 Å². The van der Waals surface area contributed by atoms with Gasteiger partial charge in [0.15, 0.2) is 0 Å². The highest BCUT2D eigenvalue weighted by Gasteiger charge is 2.00. The third-order valence-electron chi connectivity index (χ3n) is 1.97. The zero-order valence-electron chi connectivity index (χ0n) is 8.24. The molecule has 0 amide bonds. The summed E-state index contributed by atoms with van der Waals surface area (Å²) >= 11 is 12.0. The molecule has 0 N–H and O–H groups in total. The molecule has 78 valence electrons. The minimum absolute atomic E-state index is 0.564. The lowest BCUT2D eigenvalue weighted by atomic mass is 10.2. The van der Waals surface area contributed by atoms with Crippen LogP contribution in [-0.2, 0) is 0 Å². The second-order valence-electron chi connectivity index (χ2n) is 3.08. The Hall–Kier alpha value is -1.49. The van der Waals surface area contributed by atoms with Crippen LogP contribution in [0.2, 0.25) is 10.0 Å². The molecular weight excluding hydrogens is 241 g/mol. The maximum Gasteiger partial charge on any atom is 0.0621 e. The van der Waals surface area contributed by atoms with E-state index in [-0.39, 0.29) is 0 Å². The molecule has 0 saturated carbocycles. The summed E-state index contributed by atoms with van der Waals surface area (Å²) in [6, 6.07) is 8.99. The van der Waals surface area contributed by atoms with Crippen LogP contribution in [0, 0.1) is 11.8 Å². The number of hydrogen-bond donors (Lipinski definition) is 0. The van der Waals surface area contributed by atoms with E-state index in [4.69, 9.17) is 23.2 Å². The topological polar surface area (TPSA) is 12.9 Å². The largest absolute Gasteiger partial charge is 0.265 e. The minimum Gasteiger partial charge on any atom is -0.265 e. The third-order valence-corrected chi connectivity index (χ3v) is 2.60. The van der Waals surface area contributed by atoms with E-state index < -0.39 is 0 Å². The van der Waals surface area contributed by atoms with Crippen LogP contribution in [0.3, 0.4) is 0 Å². The summed E-state index contributed by atoms with van der Waals surface area (Å²) in [7, 11) is 0. The molecule has 2 aromatic rings. The molecule has 16 heavy (non-hydrogen) atoms. The highest BCUT2D eigenvalue weighted by atomic mass is 35.5. The highest BCUT2D eigenvalue weighted by Crippen LogP contribution is 2.22. The lowest BCUT2D eigenvalue weighted by Crippen LogP contribution is -1.80. The van der Waals surface area contributed by atoms with Gasteiger partial charge in [-0.3, -0.25) is 4.98 Å². The van der Waals surface area contributed by atoms with Gasteiger partial charge in [0.1, 0.15) is 0 Å². The zero-order valence-corrected chi connectivity index (χ0v) is 9.76. The lowest BCUT2D eigenvalue weighted by Gasteiger charge is -1.97. The molecule has 0 saturated heterocycles. The number of nitrogens with zero attached hydrogens (tertiary/aromatic N) is 1. The Labute approximate surface area is 104 Å². The van der Waals surface area contributed by atoms with Crippen molar-refractivity contribution in [3.8, 4) is 11.8 Å². The first kappa shape index (κ1) is 11.0. The fourth-order valence-corrected chi connectivity index (χ4v) is 1.68. The predicted octanol–water partition coefficient (Wildman–Crippen LogP) is 3.79. The van der Waals surface area contributed by atoms with Crippen LogP contribution in [0.1, 0.15) is 11.1 Å². The van der Waals surface area contributed by atoms with Crippen LogP contribution in [0.5, 0.6) is 0 Å². The van der Waals surface area contributed by atoms with Gasteiger partial charge in [0.25, 0.3) is 0 Å². The lowest BCUT2D eigenvalue weighted by molar-refractivity contribution is 1.32. The van der Waals surface area contributed by atoms with Gasteiger partial charge in [0, 0.05) is 18.0 Å². The second kappa shape index (κ2) is 5.03. The average molecular weight is 248 g/mol. The standard InChI is InChI=1S/C13H7Cl2N/c14-12-2-1-3-13(15)11(12)5-4-10-6-8-16-9-7-10/h1-3,6-9H. The van der Waals surface area contributed by atoms with Gasteiger partial charge in [0.2, 0.25) is 0 Å². The molecule has 1 aromatic heterocycles. The normalized spacial score (nSPS) is 9.38. The van der Waals surface area contributed by atoms with Gasteiger partial charge in [-0.15, -0.1) is 0 Å². The fraction of sp³-hybridized carbons (Fsp3) is 0. The quantitative estimate of drug-likeness (QED) is 0.646. The summed E-state index contributed by atoms with van der Waals surface area (Å²) in [5, 5.41) is 1.13. The van der Waals surface area contributed by atoms with Crippen molar-refractivity contribution in [1.29, 1.82) is 0 Å². The molecule has 0 unspecified atom stereocenters. The van der Waals surface area contributed by atoms with Crippen molar-refractivity contribution < 1.29 is 0 Å². The van der Waals surface area contributed by atoms with E-state index in [0.717, 1.165) is 5.56 Å². The monoisotopic (exact) mass is 247 g/mol. The van der Waals surface area contributed by atoms with Crippen molar-refractivity contribution in [3.63, 3.8) is 0 Å². The van der Waals surface area contributed by atoms with Gasteiger partial charge in [-0.2, -0.15) is 0 Å². The maximum absolute atomic E-state index is 6.00. The van der Waals surface area contributed by atoms with Crippen molar-refractivity contribution in [3.05, 3.63) is 63.9 Å². The molecule has 0 atom stereocenters. The molecule has 1 aromatic carbocycles. The summed E-state index contributed by atoms with van der Waals surface area (Å²) in [6.45, 7) is 0. The van der Waals surface area contributed by atoms with Crippen molar-refractivity contribution in [2.75, 3.05) is 0 Å². The van der Waals surface area contributed by atoms with E-state index in [0.29, 0.717) is 15.6 Å². The van der Waals surface area contributed by atoms with Crippen molar-refractivity contribution in [1.82, 2.24) is 4.98 Å². The smallest absolute Gasteiger partial charge is 0.0621 e. The molecule has 0 fully saturated rings. The number of rotatable bonds is 0. The molecule has 0 radical (unpaired) electrons. The van der Waals surface area contributed by atoms with Crippen LogP contribution in [0.25, 0.3) is 0 Å². The van der Waals surface area contributed by atoms with Crippen LogP contribution in [0.4, 0.5) is 0 Å². The Balaban J connectivity index is 2.39. The molecule has 0 aliphatic carbocycles. The zero-order chi connectivity index (χ0) is 11.4. The Morgan fingerprint density at radius 3 is 2.12 bits per heavy atom. The maximum atomic E-state index is 6.00. The van der Waals surface area contributed by atoms with E-state index >= 15 is 0 Å². The molecule has 0 aliphatic heterocycles. The van der Waals surface area contributed by atoms with Gasteiger partial charge in [-0.05, 0) is 24.3 Å². The summed E-state index contributed by atoms with van der Waals surface area (Å²) in [5.41, 5.74) is 1.54. The summed E-state index contributed by atoms with van der Waals surface area (Å²) in [4.78, 5) is 3.92. The first-order valence-electron chi connectivity index (χ1n) is 4.63. The first-order chi connectivity index (χ1) is 7.77. The molecule has 0 bridgehead atoms. The van der Waals surface area contributed by atoms with Crippen LogP contribution in [-0.4, -0.2) is 4.98 Å². The Morgan fingerprint density at radius 1 is 0.875 bits per heavy atom. The fourth-order valence-electron chi connectivity index (χ4n) is 1.19. The molecule has 1 heterocycles. The molecular formula is C13H7Cl2N. The van der Waals surface area contributed by atoms with Gasteiger partial charge in [-0.1, -0.05) is 41.1 Å². The third kappa shape index (κ3) is 2.55. The van der Waals surface area contributed by atoms with Gasteiger partial charge < -0.3 is 0 Å². The van der Waals surface area contributed by atoms with Gasteiger partial charge in [-0.25, -0.2) is 0 Å². The van der Waals surface area contributed by atoms with Crippen LogP contribution >= 0.6 is 23.2 Å². The number of aromatic nitrogens is 1. The van der Waals surface area contributed by atoms with E-state index in [9.17, 15) is 0 Å². The number of benzene rings is 1. The molecule has 2 rings (SSSR count). The SMILES string of the molecule is Clc1cccc(Cl)c1C#Cc1ccncc1. The number of halogens is 2. The summed E-state index contributed by atoms with van der Waals surface area (Å²) < 4.78 is 0. The van der Waals surface area contributed by atoms with Crippen molar-refractivity contribution in [2.24, 2.45) is 0 Å². The Kier molecular flexibility index (Phi) is 3.46. The molecule has 0 aliphatic rings. The van der Waals surface area contributed by atoms with Crippen molar-refractivity contribution in [2.45, 2.75) is 0 Å². The van der Waals surface area contributed by atoms with Crippen LogP contribution < -0.4 is 0 Å². The summed E-state index contributed by atoms with van der Waals surface area (Å²) in [5.74, 6) is 5.94. The minimum atomic E-state index is 0.564. The highest BCUT2D eigenvalue weighted by molar-refractivity contribution is 6.36. The molecule has 3 heteroatoms. The second-order valence-corrected chi connectivity index (χ2v) is 3.90. The van der Waals surface area contributed by atoms with Crippen molar-refractivity contribution >= 4 is 23.2 Å². The average Bonchev–Trinajstić information content (AvgIpc) is 2.30. The number of pyridine rings is 1. The summed E-state index contributed by atoms with van der Waals surface area (Å²) in [6.07, 6.45) is 3.39. The molecule has 1 nitrogen and oxygen atoms in total. The van der Waals surface area contributed by atoms with Crippen LogP contribution in [0.15, 0.2) is 42.7 Å². The van der Waals surface area contributed by atoms with Gasteiger partial charge in [0.05, 0.1) is 15.6 Å². The first-order valence-corrected chi connectivity index (χ1v) is 5.39. The predicted molar refractivity (Wildman–Crippen MR) is 66.7 cm³/mol. The Morgan fingerprint density at radius 2 is 1.50 bits per heavy atom. The van der Waals surface area contributed by atoms with E-state index in [2.05, 4.69) is 16.8 Å².